The van der Waals surface area contributed by atoms with Crippen LogP contribution < -0.4 is 0 Å². The van der Waals surface area contributed by atoms with E-state index < -0.39 is 0 Å². The van der Waals surface area contributed by atoms with Crippen LogP contribution in [0.1, 0.15) is 38.3 Å². The topological polar surface area (TPSA) is 6.48 Å². The summed E-state index contributed by atoms with van der Waals surface area (Å²) in [4.78, 5) is 4.96. The van der Waals surface area contributed by atoms with E-state index in [0.717, 1.165) is 39.1 Å². The van der Waals surface area contributed by atoms with Crippen LogP contribution in [0, 0.1) is 12.3 Å². The summed E-state index contributed by atoms with van der Waals surface area (Å²) in [7, 11) is 0. The number of rotatable bonds is 5. The molecule has 1 heterocycles. The SMILES string of the molecule is C=C(CN1CCN(C(=C)CC(C)(C)C)CC1)c1ccc(C)cc1. The first kappa shape index (κ1) is 17.8. The minimum absolute atomic E-state index is 0.313. The average molecular weight is 313 g/mol. The molecule has 0 aromatic heterocycles. The van der Waals surface area contributed by atoms with Gasteiger partial charge < -0.3 is 4.90 Å². The molecule has 0 aliphatic carbocycles. The Kier molecular flexibility index (Phi) is 5.69. The van der Waals surface area contributed by atoms with E-state index in [1.807, 2.05) is 0 Å². The molecule has 1 aliphatic rings. The third-order valence-corrected chi connectivity index (χ3v) is 4.43. The van der Waals surface area contributed by atoms with Crippen LogP contribution in [-0.4, -0.2) is 42.5 Å². The second kappa shape index (κ2) is 7.35. The van der Waals surface area contributed by atoms with E-state index in [1.165, 1.54) is 22.4 Å². The molecule has 0 saturated carbocycles. The Morgan fingerprint density at radius 1 is 1.00 bits per heavy atom. The van der Waals surface area contributed by atoms with Gasteiger partial charge in [0.1, 0.15) is 0 Å². The van der Waals surface area contributed by atoms with Crippen molar-refractivity contribution in [2.24, 2.45) is 5.41 Å². The first-order valence-corrected chi connectivity index (χ1v) is 8.64. The number of aryl methyl sites for hydroxylation is 1. The van der Waals surface area contributed by atoms with E-state index in [0.29, 0.717) is 5.41 Å². The first-order valence-electron chi connectivity index (χ1n) is 8.64. The van der Waals surface area contributed by atoms with Crippen molar-refractivity contribution in [1.82, 2.24) is 9.80 Å². The first-order chi connectivity index (χ1) is 10.7. The van der Waals surface area contributed by atoms with Crippen LogP contribution in [-0.2, 0) is 0 Å². The number of allylic oxidation sites excluding steroid dienone is 1. The lowest BCUT2D eigenvalue weighted by Crippen LogP contribution is -2.46. The summed E-state index contributed by atoms with van der Waals surface area (Å²) in [5.74, 6) is 0. The van der Waals surface area contributed by atoms with Crippen molar-refractivity contribution in [1.29, 1.82) is 0 Å². The van der Waals surface area contributed by atoms with Gasteiger partial charge in [0.05, 0.1) is 0 Å². The Morgan fingerprint density at radius 2 is 1.57 bits per heavy atom. The van der Waals surface area contributed by atoms with E-state index in [4.69, 9.17) is 0 Å². The van der Waals surface area contributed by atoms with E-state index in [1.54, 1.807) is 0 Å². The van der Waals surface area contributed by atoms with Crippen LogP contribution in [0.15, 0.2) is 43.1 Å². The molecule has 1 aliphatic heterocycles. The highest BCUT2D eigenvalue weighted by Crippen LogP contribution is 2.26. The fourth-order valence-electron chi connectivity index (χ4n) is 3.10. The van der Waals surface area contributed by atoms with Crippen LogP contribution in [0.2, 0.25) is 0 Å². The van der Waals surface area contributed by atoms with Crippen LogP contribution in [0.4, 0.5) is 0 Å². The number of piperazine rings is 1. The lowest BCUT2D eigenvalue weighted by Gasteiger charge is -2.38. The normalized spacial score (nSPS) is 16.4. The van der Waals surface area contributed by atoms with Gasteiger partial charge in [-0.05, 0) is 29.9 Å². The summed E-state index contributed by atoms with van der Waals surface area (Å²) in [5.41, 5.74) is 5.37. The van der Waals surface area contributed by atoms with Gasteiger partial charge in [0.2, 0.25) is 0 Å². The van der Waals surface area contributed by atoms with Gasteiger partial charge in [-0.3, -0.25) is 4.90 Å². The van der Waals surface area contributed by atoms with Crippen molar-refractivity contribution in [3.05, 3.63) is 54.2 Å². The predicted octanol–water partition coefficient (Wildman–Crippen LogP) is 4.58. The fraction of sp³-hybridized carbons (Fsp3) is 0.524. The minimum atomic E-state index is 0.313. The van der Waals surface area contributed by atoms with Crippen molar-refractivity contribution in [3.8, 4) is 0 Å². The van der Waals surface area contributed by atoms with E-state index in [2.05, 4.69) is 74.9 Å². The van der Waals surface area contributed by atoms with Gasteiger partial charge in [-0.25, -0.2) is 0 Å². The average Bonchev–Trinajstić information content (AvgIpc) is 2.46. The maximum absolute atomic E-state index is 4.30. The van der Waals surface area contributed by atoms with Gasteiger partial charge in [-0.1, -0.05) is 63.8 Å². The standard InChI is InChI=1S/C21H32N2/c1-17-7-9-20(10-8-17)18(2)16-22-11-13-23(14-12-22)19(3)15-21(4,5)6/h7-10H,2-3,11-16H2,1,4-6H3. The maximum atomic E-state index is 4.30. The number of hydrogen-bond donors (Lipinski definition) is 0. The van der Waals surface area contributed by atoms with Gasteiger partial charge in [0, 0.05) is 38.4 Å². The smallest absolute Gasteiger partial charge is 0.0303 e. The largest absolute Gasteiger partial charge is 0.373 e. The number of hydrogen-bond acceptors (Lipinski definition) is 2. The van der Waals surface area contributed by atoms with Gasteiger partial charge >= 0.3 is 0 Å². The lowest BCUT2D eigenvalue weighted by atomic mass is 9.90. The quantitative estimate of drug-likeness (QED) is 0.785. The molecule has 2 nitrogen and oxygen atoms in total. The van der Waals surface area contributed by atoms with Gasteiger partial charge in [0.25, 0.3) is 0 Å². The molecule has 0 amide bonds. The van der Waals surface area contributed by atoms with Crippen LogP contribution in [0.3, 0.4) is 0 Å². The zero-order chi connectivity index (χ0) is 17.0. The van der Waals surface area contributed by atoms with E-state index in [9.17, 15) is 0 Å². The minimum Gasteiger partial charge on any atom is -0.373 e. The van der Waals surface area contributed by atoms with E-state index >= 15 is 0 Å². The Morgan fingerprint density at radius 3 is 2.09 bits per heavy atom. The molecular weight excluding hydrogens is 280 g/mol. The summed E-state index contributed by atoms with van der Waals surface area (Å²) < 4.78 is 0. The molecule has 0 spiro atoms. The molecule has 0 unspecified atom stereocenters. The van der Waals surface area contributed by atoms with Crippen LogP contribution in [0.5, 0.6) is 0 Å². The molecule has 0 radical (unpaired) electrons. The second-order valence-electron chi connectivity index (χ2n) is 8.04. The molecule has 126 valence electrons. The molecule has 2 rings (SSSR count). The Balaban J connectivity index is 1.81. The van der Waals surface area contributed by atoms with E-state index in [-0.39, 0.29) is 0 Å². The van der Waals surface area contributed by atoms with Crippen molar-refractivity contribution in [2.75, 3.05) is 32.7 Å². The van der Waals surface area contributed by atoms with Crippen molar-refractivity contribution in [3.63, 3.8) is 0 Å². The lowest BCUT2D eigenvalue weighted by molar-refractivity contribution is 0.163. The summed E-state index contributed by atoms with van der Waals surface area (Å²) in [6.07, 6.45) is 1.07. The molecule has 0 N–H and O–H groups in total. The second-order valence-corrected chi connectivity index (χ2v) is 8.04. The van der Waals surface area contributed by atoms with Crippen molar-refractivity contribution >= 4 is 5.57 Å². The fourth-order valence-corrected chi connectivity index (χ4v) is 3.10. The van der Waals surface area contributed by atoms with Crippen LogP contribution in [0.25, 0.3) is 5.57 Å². The van der Waals surface area contributed by atoms with Crippen molar-refractivity contribution < 1.29 is 0 Å². The van der Waals surface area contributed by atoms with Gasteiger partial charge in [0.15, 0.2) is 0 Å². The molecule has 1 aromatic rings. The third-order valence-electron chi connectivity index (χ3n) is 4.43. The molecule has 2 heteroatoms. The molecular formula is C21H32N2. The highest BCUT2D eigenvalue weighted by molar-refractivity contribution is 5.64. The third kappa shape index (κ3) is 5.54. The summed E-state index contributed by atoms with van der Waals surface area (Å²) in [5, 5.41) is 0. The Hall–Kier alpha value is -1.54. The molecule has 23 heavy (non-hydrogen) atoms. The monoisotopic (exact) mass is 312 g/mol. The summed E-state index contributed by atoms with van der Waals surface area (Å²) in [6.45, 7) is 22.8. The Labute approximate surface area is 142 Å². The van der Waals surface area contributed by atoms with Crippen molar-refractivity contribution in [2.45, 2.75) is 34.1 Å². The van der Waals surface area contributed by atoms with Gasteiger partial charge in [-0.15, -0.1) is 0 Å². The molecule has 1 saturated heterocycles. The summed E-state index contributed by atoms with van der Waals surface area (Å²) in [6, 6.07) is 8.68. The number of benzene rings is 1. The zero-order valence-corrected chi connectivity index (χ0v) is 15.4. The number of nitrogens with zero attached hydrogens (tertiary/aromatic N) is 2. The maximum Gasteiger partial charge on any atom is 0.0303 e. The molecule has 1 aromatic carbocycles. The highest BCUT2D eigenvalue weighted by Gasteiger charge is 2.21. The molecule has 0 bridgehead atoms. The highest BCUT2D eigenvalue weighted by atomic mass is 15.3. The van der Waals surface area contributed by atoms with Crippen LogP contribution >= 0.6 is 0 Å². The summed E-state index contributed by atoms with van der Waals surface area (Å²) >= 11 is 0. The van der Waals surface area contributed by atoms with Gasteiger partial charge in [-0.2, -0.15) is 0 Å². The molecule has 0 atom stereocenters. The predicted molar refractivity (Wildman–Crippen MR) is 101 cm³/mol. The Bertz CT molecular complexity index is 540. The molecule has 1 fully saturated rings. The zero-order valence-electron chi connectivity index (χ0n) is 15.4.